The number of benzene rings is 1. The lowest BCUT2D eigenvalue weighted by Gasteiger charge is -2.49. The second kappa shape index (κ2) is 6.42. The molecular formula is C18H28BNSi. The summed E-state index contributed by atoms with van der Waals surface area (Å²) in [5, 5.41) is 0.386. The predicted molar refractivity (Wildman–Crippen MR) is 97.0 cm³/mol. The summed E-state index contributed by atoms with van der Waals surface area (Å²) in [5.74, 6) is 6.98. The van der Waals surface area contributed by atoms with Crippen LogP contribution >= 0.6 is 0 Å². The Balaban J connectivity index is 2.23. The molecule has 3 heteroatoms. The maximum absolute atomic E-state index is 3.58. The van der Waals surface area contributed by atoms with Crippen LogP contribution in [-0.4, -0.2) is 26.1 Å². The van der Waals surface area contributed by atoms with Crippen molar-refractivity contribution in [3.8, 4) is 11.7 Å². The van der Waals surface area contributed by atoms with Gasteiger partial charge in [0.15, 0.2) is 0 Å². The molecule has 1 aromatic rings. The van der Waals surface area contributed by atoms with Gasteiger partial charge in [0, 0.05) is 5.56 Å². The normalized spacial score (nSPS) is 17.3. The highest BCUT2D eigenvalue weighted by Crippen LogP contribution is 2.40. The molecule has 0 atom stereocenters. The van der Waals surface area contributed by atoms with Crippen molar-refractivity contribution in [2.45, 2.75) is 58.1 Å². The van der Waals surface area contributed by atoms with E-state index in [1.807, 2.05) is 6.07 Å². The number of hydrogen-bond donors (Lipinski definition) is 0. The van der Waals surface area contributed by atoms with Gasteiger partial charge in [-0.05, 0) is 36.5 Å². The van der Waals surface area contributed by atoms with E-state index in [2.05, 4.69) is 74.3 Å². The highest BCUT2D eigenvalue weighted by atomic mass is 28.3. The van der Waals surface area contributed by atoms with Crippen molar-refractivity contribution in [2.75, 3.05) is 6.54 Å². The van der Waals surface area contributed by atoms with E-state index in [9.17, 15) is 0 Å². The fourth-order valence-corrected chi connectivity index (χ4v) is 5.42. The van der Waals surface area contributed by atoms with Crippen LogP contribution in [0.4, 0.5) is 0 Å². The molecule has 2 rings (SSSR count). The molecule has 0 saturated carbocycles. The first-order valence-electron chi connectivity index (χ1n) is 8.16. The maximum atomic E-state index is 3.58. The van der Waals surface area contributed by atoms with Gasteiger partial charge in [-0.15, -0.1) is 5.82 Å². The zero-order valence-electron chi connectivity index (χ0n) is 14.2. The van der Waals surface area contributed by atoms with Crippen LogP contribution in [0.2, 0.25) is 24.5 Å². The lowest BCUT2D eigenvalue weighted by Crippen LogP contribution is -2.62. The molecule has 1 fully saturated rings. The van der Waals surface area contributed by atoms with Crippen molar-refractivity contribution in [1.29, 1.82) is 0 Å². The van der Waals surface area contributed by atoms with E-state index in [4.69, 9.17) is 0 Å². The molecule has 1 nitrogen and oxygen atoms in total. The van der Waals surface area contributed by atoms with Crippen molar-refractivity contribution < 1.29 is 0 Å². The number of hydrogen-bond acceptors (Lipinski definition) is 1. The van der Waals surface area contributed by atoms with E-state index in [1.165, 1.54) is 25.7 Å². The average molecular weight is 297 g/mol. The summed E-state index contributed by atoms with van der Waals surface area (Å²) in [6, 6.07) is 10.4. The Labute approximate surface area is 132 Å². The predicted octanol–water partition coefficient (Wildman–Crippen LogP) is 4.67. The Morgan fingerprint density at radius 1 is 1.10 bits per heavy atom. The first kappa shape index (κ1) is 16.4. The van der Waals surface area contributed by atoms with Gasteiger partial charge in [0.25, 0.3) is 0 Å². The lowest BCUT2D eigenvalue weighted by atomic mass is 9.57. The molecule has 1 aliphatic rings. The van der Waals surface area contributed by atoms with Crippen LogP contribution < -0.4 is 0 Å². The fourth-order valence-electron chi connectivity index (χ4n) is 2.87. The highest BCUT2D eigenvalue weighted by Gasteiger charge is 2.45. The zero-order chi connectivity index (χ0) is 15.5. The van der Waals surface area contributed by atoms with Crippen LogP contribution in [0.25, 0.3) is 0 Å². The maximum Gasteiger partial charge on any atom is 0.305 e. The number of rotatable bonds is 1. The van der Waals surface area contributed by atoms with Gasteiger partial charge in [0.2, 0.25) is 0 Å². The van der Waals surface area contributed by atoms with E-state index >= 15 is 0 Å². The highest BCUT2D eigenvalue weighted by molar-refractivity contribution is 6.88. The molecule has 0 aliphatic carbocycles. The van der Waals surface area contributed by atoms with E-state index in [-0.39, 0.29) is 0 Å². The summed E-state index contributed by atoms with van der Waals surface area (Å²) < 4.78 is 2.77. The zero-order valence-corrected chi connectivity index (χ0v) is 15.2. The third-order valence-corrected chi connectivity index (χ3v) is 10.9. The topological polar surface area (TPSA) is 3.24 Å². The summed E-state index contributed by atoms with van der Waals surface area (Å²) in [7, 11) is -1.47. The molecule has 0 radical (unpaired) electrons. The largest absolute Gasteiger partial charge is 0.353 e. The molecule has 0 amide bonds. The standard InChI is InChI=1S/C18H28BNSi/c1-18(2,3)21(4,5)20-16-10-9-14-19(20)15-13-17-11-7-6-8-12-17/h6-8,11-12H,9-10,14,16H2,1-5H3. The van der Waals surface area contributed by atoms with Gasteiger partial charge in [0.1, 0.15) is 8.24 Å². The van der Waals surface area contributed by atoms with Crippen molar-refractivity contribution in [1.82, 2.24) is 4.48 Å². The van der Waals surface area contributed by atoms with Gasteiger partial charge in [-0.1, -0.05) is 64.4 Å². The summed E-state index contributed by atoms with van der Waals surface area (Å²) in [4.78, 5) is 0. The molecule has 0 bridgehead atoms. The lowest BCUT2D eigenvalue weighted by molar-refractivity contribution is 0.511. The molecule has 1 aliphatic heterocycles. The van der Waals surface area contributed by atoms with E-state index in [0.717, 1.165) is 5.56 Å². The first-order chi connectivity index (χ1) is 9.82. The van der Waals surface area contributed by atoms with Gasteiger partial charge in [-0.25, -0.2) is 0 Å². The van der Waals surface area contributed by atoms with Gasteiger partial charge in [-0.2, -0.15) is 0 Å². The quantitative estimate of drug-likeness (QED) is 0.538. The Hall–Kier alpha value is -0.978. The second-order valence-corrected chi connectivity index (χ2v) is 12.8. The molecule has 0 unspecified atom stereocenters. The summed E-state index contributed by atoms with van der Waals surface area (Å²) >= 11 is 0. The summed E-state index contributed by atoms with van der Waals surface area (Å²) in [5.41, 5.74) is 1.14. The monoisotopic (exact) mass is 297 g/mol. The molecule has 112 valence electrons. The molecule has 21 heavy (non-hydrogen) atoms. The van der Waals surface area contributed by atoms with Crippen LogP contribution in [-0.2, 0) is 0 Å². The minimum absolute atomic E-state index is 0.386. The molecule has 1 aromatic carbocycles. The Bertz CT molecular complexity index is 522. The third kappa shape index (κ3) is 3.81. The minimum Gasteiger partial charge on any atom is -0.353 e. The first-order valence-corrected chi connectivity index (χ1v) is 11.1. The van der Waals surface area contributed by atoms with Gasteiger partial charge in [-0.3, -0.25) is 0 Å². The molecule has 0 aromatic heterocycles. The molecule has 1 heterocycles. The van der Waals surface area contributed by atoms with Gasteiger partial charge < -0.3 is 4.48 Å². The van der Waals surface area contributed by atoms with E-state index in [1.54, 1.807) is 0 Å². The van der Waals surface area contributed by atoms with Crippen molar-refractivity contribution in [2.24, 2.45) is 0 Å². The molecule has 1 saturated heterocycles. The van der Waals surface area contributed by atoms with E-state index in [0.29, 0.717) is 11.9 Å². The van der Waals surface area contributed by atoms with Gasteiger partial charge in [0.05, 0.1) is 0 Å². The molecule has 0 N–H and O–H groups in total. The smallest absolute Gasteiger partial charge is 0.305 e. The van der Waals surface area contributed by atoms with Crippen molar-refractivity contribution in [3.63, 3.8) is 0 Å². The van der Waals surface area contributed by atoms with E-state index < -0.39 is 8.24 Å². The average Bonchev–Trinajstić information content (AvgIpc) is 2.45. The van der Waals surface area contributed by atoms with Gasteiger partial charge >= 0.3 is 6.85 Å². The SMILES string of the molecule is CC(C)(C)[Si](C)(C)N1CCCCB1C#Cc1ccccc1. The molecule has 0 spiro atoms. The van der Waals surface area contributed by atoms with Crippen LogP contribution in [0.1, 0.15) is 39.2 Å². The van der Waals surface area contributed by atoms with Crippen LogP contribution in [0, 0.1) is 11.7 Å². The second-order valence-electron chi connectivity index (χ2n) is 7.65. The van der Waals surface area contributed by atoms with Crippen molar-refractivity contribution in [3.05, 3.63) is 35.9 Å². The summed E-state index contributed by atoms with van der Waals surface area (Å²) in [6.45, 7) is 13.9. The fraction of sp³-hybridized carbons (Fsp3) is 0.556. The Kier molecular flexibility index (Phi) is 5.01. The van der Waals surface area contributed by atoms with Crippen LogP contribution in [0.15, 0.2) is 30.3 Å². The Morgan fingerprint density at radius 3 is 2.38 bits per heavy atom. The molecular weight excluding hydrogens is 269 g/mol. The number of nitrogens with zero attached hydrogens (tertiary/aromatic N) is 1. The third-order valence-electron chi connectivity index (χ3n) is 5.21. The van der Waals surface area contributed by atoms with Crippen LogP contribution in [0.5, 0.6) is 0 Å². The van der Waals surface area contributed by atoms with Crippen LogP contribution in [0.3, 0.4) is 0 Å². The van der Waals surface area contributed by atoms with Crippen molar-refractivity contribution >= 4 is 15.1 Å². The summed E-state index contributed by atoms with van der Waals surface area (Å²) in [6.07, 6.45) is 3.88. The Morgan fingerprint density at radius 2 is 1.76 bits per heavy atom. The minimum atomic E-state index is -1.47.